The standard InChI is InChI=1S/C7H16N2O/c1-5(4-10)6(2)9-7(3)8/h5,7,9-10H,2,4,8H2,1,3H3. The van der Waals surface area contributed by atoms with E-state index in [1.165, 1.54) is 0 Å². The maximum Gasteiger partial charge on any atom is 0.0711 e. The van der Waals surface area contributed by atoms with Gasteiger partial charge in [0.05, 0.1) is 12.8 Å². The molecule has 0 aliphatic carbocycles. The average Bonchev–Trinajstić information content (AvgIpc) is 1.85. The van der Waals surface area contributed by atoms with Crippen LogP contribution in [-0.2, 0) is 0 Å². The summed E-state index contributed by atoms with van der Waals surface area (Å²) >= 11 is 0. The van der Waals surface area contributed by atoms with Crippen molar-refractivity contribution in [1.82, 2.24) is 5.32 Å². The van der Waals surface area contributed by atoms with Crippen molar-refractivity contribution in [1.29, 1.82) is 0 Å². The molecule has 3 heteroatoms. The minimum absolute atomic E-state index is 0.0750. The summed E-state index contributed by atoms with van der Waals surface area (Å²) in [5, 5.41) is 11.6. The van der Waals surface area contributed by atoms with Gasteiger partial charge in [0.15, 0.2) is 0 Å². The third-order valence-corrected chi connectivity index (χ3v) is 1.28. The van der Waals surface area contributed by atoms with Gasteiger partial charge in [-0.25, -0.2) is 0 Å². The lowest BCUT2D eigenvalue weighted by Crippen LogP contribution is -2.35. The molecule has 0 aromatic heterocycles. The van der Waals surface area contributed by atoms with Gasteiger partial charge in [-0.3, -0.25) is 0 Å². The molecule has 0 bridgehead atoms. The monoisotopic (exact) mass is 144 g/mol. The van der Waals surface area contributed by atoms with E-state index in [9.17, 15) is 0 Å². The van der Waals surface area contributed by atoms with Crippen molar-refractivity contribution in [3.63, 3.8) is 0 Å². The molecule has 0 aliphatic rings. The summed E-state index contributed by atoms with van der Waals surface area (Å²) in [5.74, 6) is 0.0750. The highest BCUT2D eigenvalue weighted by atomic mass is 16.3. The molecule has 0 saturated heterocycles. The summed E-state index contributed by atoms with van der Waals surface area (Å²) in [7, 11) is 0. The zero-order valence-corrected chi connectivity index (χ0v) is 6.59. The number of aliphatic hydroxyl groups excluding tert-OH is 1. The first-order chi connectivity index (χ1) is 4.57. The molecular weight excluding hydrogens is 128 g/mol. The molecule has 0 aromatic rings. The molecule has 0 amide bonds. The van der Waals surface area contributed by atoms with Gasteiger partial charge in [-0.05, 0) is 6.92 Å². The van der Waals surface area contributed by atoms with Crippen LogP contribution < -0.4 is 11.1 Å². The van der Waals surface area contributed by atoms with E-state index >= 15 is 0 Å². The van der Waals surface area contributed by atoms with Crippen LogP contribution in [0.5, 0.6) is 0 Å². The van der Waals surface area contributed by atoms with Crippen molar-refractivity contribution < 1.29 is 5.11 Å². The Morgan fingerprint density at radius 2 is 2.20 bits per heavy atom. The first-order valence-electron chi connectivity index (χ1n) is 3.39. The second kappa shape index (κ2) is 4.30. The zero-order chi connectivity index (χ0) is 8.15. The lowest BCUT2D eigenvalue weighted by Gasteiger charge is -2.16. The number of nitrogens with two attached hydrogens (primary N) is 1. The lowest BCUT2D eigenvalue weighted by molar-refractivity contribution is 0.250. The fourth-order valence-electron chi connectivity index (χ4n) is 0.545. The Kier molecular flexibility index (Phi) is 4.07. The van der Waals surface area contributed by atoms with E-state index in [4.69, 9.17) is 10.8 Å². The maximum atomic E-state index is 8.68. The second-order valence-corrected chi connectivity index (χ2v) is 2.54. The Morgan fingerprint density at radius 1 is 1.70 bits per heavy atom. The van der Waals surface area contributed by atoms with E-state index in [0.29, 0.717) is 0 Å². The summed E-state index contributed by atoms with van der Waals surface area (Å²) in [4.78, 5) is 0. The van der Waals surface area contributed by atoms with Crippen LogP contribution in [0.1, 0.15) is 13.8 Å². The molecule has 10 heavy (non-hydrogen) atoms. The number of hydrogen-bond acceptors (Lipinski definition) is 3. The maximum absolute atomic E-state index is 8.68. The van der Waals surface area contributed by atoms with Gasteiger partial charge in [-0.15, -0.1) is 0 Å². The van der Waals surface area contributed by atoms with Gasteiger partial charge in [-0.2, -0.15) is 0 Å². The van der Waals surface area contributed by atoms with Crippen LogP contribution in [0.4, 0.5) is 0 Å². The molecule has 4 N–H and O–H groups in total. The van der Waals surface area contributed by atoms with Gasteiger partial charge in [-0.1, -0.05) is 13.5 Å². The molecule has 0 saturated carbocycles. The Hall–Kier alpha value is -0.540. The van der Waals surface area contributed by atoms with Gasteiger partial charge in [0.25, 0.3) is 0 Å². The van der Waals surface area contributed by atoms with E-state index in [1.807, 2.05) is 13.8 Å². The molecule has 0 spiro atoms. The highest BCUT2D eigenvalue weighted by Crippen LogP contribution is 2.02. The Balaban J connectivity index is 3.62. The number of rotatable bonds is 4. The van der Waals surface area contributed by atoms with Crippen molar-refractivity contribution in [2.75, 3.05) is 6.61 Å². The fourth-order valence-corrected chi connectivity index (χ4v) is 0.545. The summed E-state index contributed by atoms with van der Waals surface area (Å²) in [6.45, 7) is 7.54. The van der Waals surface area contributed by atoms with E-state index in [2.05, 4.69) is 11.9 Å². The van der Waals surface area contributed by atoms with Crippen LogP contribution in [0.25, 0.3) is 0 Å². The molecule has 2 unspecified atom stereocenters. The highest BCUT2D eigenvalue weighted by Gasteiger charge is 2.04. The first-order valence-corrected chi connectivity index (χ1v) is 3.39. The van der Waals surface area contributed by atoms with E-state index in [1.54, 1.807) is 0 Å². The highest BCUT2D eigenvalue weighted by molar-refractivity contribution is 4.96. The van der Waals surface area contributed by atoms with Crippen molar-refractivity contribution in [3.8, 4) is 0 Å². The number of hydrogen-bond donors (Lipinski definition) is 3. The van der Waals surface area contributed by atoms with Crippen molar-refractivity contribution >= 4 is 0 Å². The van der Waals surface area contributed by atoms with Gasteiger partial charge < -0.3 is 16.2 Å². The minimum atomic E-state index is -0.0958. The topological polar surface area (TPSA) is 58.3 Å². The Morgan fingerprint density at radius 3 is 2.50 bits per heavy atom. The Labute approximate surface area is 61.9 Å². The third-order valence-electron chi connectivity index (χ3n) is 1.28. The average molecular weight is 144 g/mol. The lowest BCUT2D eigenvalue weighted by atomic mass is 10.1. The van der Waals surface area contributed by atoms with Crippen LogP contribution >= 0.6 is 0 Å². The van der Waals surface area contributed by atoms with E-state index < -0.39 is 0 Å². The van der Waals surface area contributed by atoms with Gasteiger partial charge in [0.2, 0.25) is 0 Å². The number of nitrogens with one attached hydrogen (secondary N) is 1. The second-order valence-electron chi connectivity index (χ2n) is 2.54. The fraction of sp³-hybridized carbons (Fsp3) is 0.714. The zero-order valence-electron chi connectivity index (χ0n) is 6.59. The van der Waals surface area contributed by atoms with Crippen LogP contribution in [0, 0.1) is 5.92 Å². The van der Waals surface area contributed by atoms with Crippen LogP contribution in [0.3, 0.4) is 0 Å². The molecule has 0 aliphatic heterocycles. The Bertz CT molecular complexity index is 112. The molecular formula is C7H16N2O. The smallest absolute Gasteiger partial charge is 0.0711 e. The van der Waals surface area contributed by atoms with E-state index in [0.717, 1.165) is 5.70 Å². The molecule has 0 radical (unpaired) electrons. The molecule has 0 rings (SSSR count). The summed E-state index contributed by atoms with van der Waals surface area (Å²) < 4.78 is 0. The third kappa shape index (κ3) is 3.48. The van der Waals surface area contributed by atoms with Crippen molar-refractivity contribution in [2.24, 2.45) is 11.7 Å². The molecule has 2 atom stereocenters. The number of aliphatic hydroxyl groups is 1. The van der Waals surface area contributed by atoms with Crippen LogP contribution in [0.2, 0.25) is 0 Å². The van der Waals surface area contributed by atoms with Crippen molar-refractivity contribution in [2.45, 2.75) is 20.0 Å². The van der Waals surface area contributed by atoms with Crippen molar-refractivity contribution in [3.05, 3.63) is 12.3 Å². The van der Waals surface area contributed by atoms with Gasteiger partial charge in [0.1, 0.15) is 0 Å². The quantitative estimate of drug-likeness (QED) is 0.488. The predicted octanol–water partition coefficient (Wildman–Crippen LogP) is 0.0228. The van der Waals surface area contributed by atoms with Gasteiger partial charge in [0, 0.05) is 11.6 Å². The molecule has 0 aromatic carbocycles. The molecule has 0 fully saturated rings. The van der Waals surface area contributed by atoms with Crippen LogP contribution in [-0.4, -0.2) is 17.9 Å². The first kappa shape index (κ1) is 9.46. The largest absolute Gasteiger partial charge is 0.396 e. The molecule has 60 valence electrons. The SMILES string of the molecule is C=C(NC(C)N)C(C)CO. The molecule has 0 heterocycles. The normalized spacial score (nSPS) is 16.0. The summed E-state index contributed by atoms with van der Waals surface area (Å²) in [6.07, 6.45) is -0.0958. The van der Waals surface area contributed by atoms with Crippen LogP contribution in [0.15, 0.2) is 12.3 Å². The minimum Gasteiger partial charge on any atom is -0.396 e. The summed E-state index contributed by atoms with van der Waals surface area (Å²) in [6, 6.07) is 0. The summed E-state index contributed by atoms with van der Waals surface area (Å²) in [5.41, 5.74) is 6.22. The van der Waals surface area contributed by atoms with E-state index in [-0.39, 0.29) is 18.7 Å². The molecule has 3 nitrogen and oxygen atoms in total. The van der Waals surface area contributed by atoms with Gasteiger partial charge >= 0.3 is 0 Å². The predicted molar refractivity (Wildman–Crippen MR) is 42.2 cm³/mol.